The van der Waals surface area contributed by atoms with E-state index in [1.807, 2.05) is 0 Å². The Morgan fingerprint density at radius 2 is 1.86 bits per heavy atom. The molecule has 0 saturated carbocycles. The van der Waals surface area contributed by atoms with Crippen molar-refractivity contribution in [3.05, 3.63) is 52.5 Å². The SMILES string of the molecule is Nc1c(Oc2cc(C(F)(F)F)ccc2Cl)cccc1C(=O)O. The second-order valence-corrected chi connectivity index (χ2v) is 4.67. The molecule has 2 aromatic carbocycles. The largest absolute Gasteiger partial charge is 0.478 e. The van der Waals surface area contributed by atoms with E-state index >= 15 is 0 Å². The van der Waals surface area contributed by atoms with Crippen LogP contribution in [0.4, 0.5) is 18.9 Å². The van der Waals surface area contributed by atoms with Crippen LogP contribution in [0.5, 0.6) is 11.5 Å². The third-order valence-corrected chi connectivity index (χ3v) is 3.09. The Morgan fingerprint density at radius 1 is 1.18 bits per heavy atom. The van der Waals surface area contributed by atoms with Gasteiger partial charge in [0.25, 0.3) is 0 Å². The molecule has 2 rings (SSSR count). The van der Waals surface area contributed by atoms with E-state index in [4.69, 9.17) is 27.2 Å². The van der Waals surface area contributed by atoms with Gasteiger partial charge in [-0.3, -0.25) is 0 Å². The molecule has 8 heteroatoms. The number of alkyl halides is 3. The minimum atomic E-state index is -4.56. The maximum atomic E-state index is 12.7. The van der Waals surface area contributed by atoms with Crippen LogP contribution in [-0.4, -0.2) is 11.1 Å². The number of nitrogen functional groups attached to an aromatic ring is 1. The van der Waals surface area contributed by atoms with Crippen molar-refractivity contribution in [3.63, 3.8) is 0 Å². The van der Waals surface area contributed by atoms with E-state index in [-0.39, 0.29) is 27.8 Å². The number of anilines is 1. The van der Waals surface area contributed by atoms with Crippen LogP contribution >= 0.6 is 11.6 Å². The van der Waals surface area contributed by atoms with Gasteiger partial charge in [-0.05, 0) is 30.3 Å². The molecule has 0 unspecified atom stereocenters. The van der Waals surface area contributed by atoms with Crippen LogP contribution in [0.25, 0.3) is 0 Å². The van der Waals surface area contributed by atoms with Crippen LogP contribution in [0, 0.1) is 0 Å². The van der Waals surface area contributed by atoms with E-state index in [2.05, 4.69) is 0 Å². The van der Waals surface area contributed by atoms with Crippen LogP contribution in [0.2, 0.25) is 5.02 Å². The zero-order valence-electron chi connectivity index (χ0n) is 10.8. The van der Waals surface area contributed by atoms with Crippen molar-refractivity contribution in [2.45, 2.75) is 6.18 Å². The highest BCUT2D eigenvalue weighted by Crippen LogP contribution is 2.38. The maximum absolute atomic E-state index is 12.7. The lowest BCUT2D eigenvalue weighted by molar-refractivity contribution is -0.137. The van der Waals surface area contributed by atoms with Crippen LogP contribution < -0.4 is 10.5 Å². The monoisotopic (exact) mass is 331 g/mol. The Morgan fingerprint density at radius 3 is 2.45 bits per heavy atom. The zero-order chi connectivity index (χ0) is 16.5. The molecule has 0 spiro atoms. The van der Waals surface area contributed by atoms with Gasteiger partial charge >= 0.3 is 12.1 Å². The quantitative estimate of drug-likeness (QED) is 0.816. The lowest BCUT2D eigenvalue weighted by atomic mass is 10.1. The third-order valence-electron chi connectivity index (χ3n) is 2.77. The Bertz CT molecular complexity index is 732. The van der Waals surface area contributed by atoms with E-state index in [0.29, 0.717) is 0 Å². The number of para-hydroxylation sites is 1. The zero-order valence-corrected chi connectivity index (χ0v) is 11.6. The van der Waals surface area contributed by atoms with Gasteiger partial charge in [-0.15, -0.1) is 0 Å². The van der Waals surface area contributed by atoms with Crippen molar-refractivity contribution in [1.29, 1.82) is 0 Å². The second-order valence-electron chi connectivity index (χ2n) is 4.27. The summed E-state index contributed by atoms with van der Waals surface area (Å²) in [7, 11) is 0. The minimum absolute atomic E-state index is 0.0619. The molecule has 0 aliphatic rings. The van der Waals surface area contributed by atoms with Gasteiger partial charge in [0.2, 0.25) is 0 Å². The van der Waals surface area contributed by atoms with Crippen molar-refractivity contribution < 1.29 is 27.8 Å². The molecule has 0 aliphatic carbocycles. The van der Waals surface area contributed by atoms with Gasteiger partial charge in [0.05, 0.1) is 21.8 Å². The van der Waals surface area contributed by atoms with E-state index < -0.39 is 17.7 Å². The summed E-state index contributed by atoms with van der Waals surface area (Å²) in [6.07, 6.45) is -4.56. The molecule has 0 bridgehead atoms. The van der Waals surface area contributed by atoms with Crippen molar-refractivity contribution in [3.8, 4) is 11.5 Å². The average Bonchev–Trinajstić information content (AvgIpc) is 2.41. The first-order valence-electron chi connectivity index (χ1n) is 5.86. The fourth-order valence-corrected chi connectivity index (χ4v) is 1.85. The van der Waals surface area contributed by atoms with E-state index in [9.17, 15) is 18.0 Å². The van der Waals surface area contributed by atoms with Crippen LogP contribution in [0.1, 0.15) is 15.9 Å². The van der Waals surface area contributed by atoms with Gasteiger partial charge in [0.15, 0.2) is 5.75 Å². The first kappa shape index (κ1) is 16.0. The molecule has 0 fully saturated rings. The van der Waals surface area contributed by atoms with Gasteiger partial charge in [0, 0.05) is 0 Å². The molecule has 2 aromatic rings. The smallest absolute Gasteiger partial charge is 0.416 e. The van der Waals surface area contributed by atoms with Crippen molar-refractivity contribution in [1.82, 2.24) is 0 Å². The number of benzene rings is 2. The maximum Gasteiger partial charge on any atom is 0.416 e. The van der Waals surface area contributed by atoms with Crippen molar-refractivity contribution in [2.75, 3.05) is 5.73 Å². The molecule has 0 atom stereocenters. The molecular formula is C14H9ClF3NO3. The summed E-state index contributed by atoms with van der Waals surface area (Å²) in [6, 6.07) is 6.51. The third kappa shape index (κ3) is 3.25. The summed E-state index contributed by atoms with van der Waals surface area (Å²) in [5.41, 5.74) is 4.26. The van der Waals surface area contributed by atoms with Crippen LogP contribution in [0.3, 0.4) is 0 Å². The lowest BCUT2D eigenvalue weighted by Gasteiger charge is -2.13. The van der Waals surface area contributed by atoms with Crippen molar-refractivity contribution in [2.24, 2.45) is 0 Å². The summed E-state index contributed by atoms with van der Waals surface area (Å²) in [5.74, 6) is -1.65. The molecule has 22 heavy (non-hydrogen) atoms. The number of hydrogen-bond acceptors (Lipinski definition) is 3. The predicted octanol–water partition coefficient (Wildman–Crippen LogP) is 4.43. The van der Waals surface area contributed by atoms with Gasteiger partial charge in [0.1, 0.15) is 5.75 Å². The van der Waals surface area contributed by atoms with E-state index in [1.165, 1.54) is 18.2 Å². The molecule has 4 nitrogen and oxygen atoms in total. The minimum Gasteiger partial charge on any atom is -0.478 e. The fraction of sp³-hybridized carbons (Fsp3) is 0.0714. The van der Waals surface area contributed by atoms with Gasteiger partial charge < -0.3 is 15.6 Å². The number of halogens is 4. The molecule has 0 heterocycles. The molecule has 0 saturated heterocycles. The first-order chi connectivity index (χ1) is 10.2. The van der Waals surface area contributed by atoms with Crippen LogP contribution in [-0.2, 0) is 6.18 Å². The number of nitrogens with two attached hydrogens (primary N) is 1. The number of hydrogen-bond donors (Lipinski definition) is 2. The summed E-state index contributed by atoms with van der Waals surface area (Å²) in [5, 5.41) is 8.89. The highest BCUT2D eigenvalue weighted by molar-refractivity contribution is 6.32. The Balaban J connectivity index is 2.43. The van der Waals surface area contributed by atoms with E-state index in [0.717, 1.165) is 18.2 Å². The topological polar surface area (TPSA) is 72.5 Å². The van der Waals surface area contributed by atoms with E-state index in [1.54, 1.807) is 0 Å². The first-order valence-corrected chi connectivity index (χ1v) is 6.24. The lowest BCUT2D eigenvalue weighted by Crippen LogP contribution is -2.06. The van der Waals surface area contributed by atoms with Gasteiger partial charge in [-0.25, -0.2) is 4.79 Å². The van der Waals surface area contributed by atoms with Crippen molar-refractivity contribution >= 4 is 23.3 Å². The normalized spacial score (nSPS) is 11.3. The predicted molar refractivity (Wildman–Crippen MR) is 74.3 cm³/mol. The van der Waals surface area contributed by atoms with Gasteiger partial charge in [-0.1, -0.05) is 17.7 Å². The number of carboxylic acids is 1. The van der Waals surface area contributed by atoms with Crippen LogP contribution in [0.15, 0.2) is 36.4 Å². The Hall–Kier alpha value is -2.41. The highest BCUT2D eigenvalue weighted by Gasteiger charge is 2.31. The van der Waals surface area contributed by atoms with Gasteiger partial charge in [-0.2, -0.15) is 13.2 Å². The second kappa shape index (κ2) is 5.76. The number of rotatable bonds is 3. The highest BCUT2D eigenvalue weighted by atomic mass is 35.5. The summed E-state index contributed by atoms with van der Waals surface area (Å²) >= 11 is 5.80. The fourth-order valence-electron chi connectivity index (χ4n) is 1.70. The number of carboxylic acid groups (broad SMARTS) is 1. The molecule has 3 N–H and O–H groups in total. The number of carbonyl (C=O) groups is 1. The standard InChI is InChI=1S/C14H9ClF3NO3/c15-9-5-4-7(14(16,17)18)6-11(9)22-10-3-1-2-8(12(10)19)13(20)21/h1-6H,19H2,(H,20,21). The molecule has 0 radical (unpaired) electrons. The summed E-state index contributed by atoms with van der Waals surface area (Å²) in [6.45, 7) is 0. The molecule has 116 valence electrons. The molecule has 0 aliphatic heterocycles. The summed E-state index contributed by atoms with van der Waals surface area (Å²) in [4.78, 5) is 11.0. The summed E-state index contributed by atoms with van der Waals surface area (Å²) < 4.78 is 43.3. The molecule has 0 aromatic heterocycles. The number of aromatic carboxylic acids is 1. The average molecular weight is 332 g/mol. The Labute approximate surface area is 127 Å². The Kier molecular flexibility index (Phi) is 4.18. The molecule has 0 amide bonds. The molecular weight excluding hydrogens is 323 g/mol. The number of ether oxygens (including phenoxy) is 1.